The smallest absolute Gasteiger partial charge is 0.255 e. The molecular formula is C30H29ClN4O2. The predicted octanol–water partition coefficient (Wildman–Crippen LogP) is 6.50. The van der Waals surface area contributed by atoms with Crippen LogP contribution in [0.3, 0.4) is 0 Å². The van der Waals surface area contributed by atoms with Gasteiger partial charge in [0, 0.05) is 53.5 Å². The fourth-order valence-corrected chi connectivity index (χ4v) is 4.48. The van der Waals surface area contributed by atoms with E-state index in [0.29, 0.717) is 22.6 Å². The van der Waals surface area contributed by atoms with Crippen LogP contribution in [0.2, 0.25) is 0 Å². The van der Waals surface area contributed by atoms with Gasteiger partial charge in [-0.3, -0.25) is 9.59 Å². The number of halogens is 1. The second-order valence-corrected chi connectivity index (χ2v) is 8.68. The molecule has 2 heterocycles. The fraction of sp³-hybridized carbons (Fsp3) is 0.133. The molecule has 4 aromatic carbocycles. The molecule has 0 atom stereocenters. The standard InChI is InChI=1S/C16H13N3O2.C13H13N.CH3Cl/c17-12-3-1-10(2-4-12)16(21)19-13-5-6-15-11(7-13)8-14(9-20)18-15;1-14-9-8-12-11-5-3-2-4-10(11)6-7-13(12)14;1-2/h1-9,18H,17H2,(H,19,21);2-7H,8-9H2,1H3;1H3. The third-order valence-electron chi connectivity index (χ3n) is 6.32. The first-order valence-electron chi connectivity index (χ1n) is 11.9. The number of aromatic nitrogens is 1. The van der Waals surface area contributed by atoms with Gasteiger partial charge in [0.15, 0.2) is 6.29 Å². The highest BCUT2D eigenvalue weighted by Gasteiger charge is 2.17. The van der Waals surface area contributed by atoms with Crippen molar-refractivity contribution in [3.05, 3.63) is 102 Å². The van der Waals surface area contributed by atoms with Crippen molar-refractivity contribution in [3.63, 3.8) is 0 Å². The number of aldehydes is 1. The van der Waals surface area contributed by atoms with E-state index in [9.17, 15) is 9.59 Å². The Morgan fingerprint density at radius 1 is 0.973 bits per heavy atom. The van der Waals surface area contributed by atoms with Gasteiger partial charge in [0.2, 0.25) is 0 Å². The predicted molar refractivity (Wildman–Crippen MR) is 155 cm³/mol. The molecule has 5 aromatic rings. The number of aromatic amines is 1. The minimum absolute atomic E-state index is 0.208. The molecule has 0 radical (unpaired) electrons. The molecule has 0 fully saturated rings. The van der Waals surface area contributed by atoms with E-state index < -0.39 is 0 Å². The maximum absolute atomic E-state index is 12.1. The van der Waals surface area contributed by atoms with Crippen LogP contribution in [0.4, 0.5) is 17.1 Å². The number of likely N-dealkylation sites (N-methyl/N-ethyl adjacent to an activating group) is 1. The molecule has 1 aliphatic rings. The Hall–Kier alpha value is -4.29. The molecule has 0 spiro atoms. The zero-order valence-electron chi connectivity index (χ0n) is 20.8. The molecule has 1 aromatic heterocycles. The number of benzene rings is 4. The molecule has 1 aliphatic heterocycles. The summed E-state index contributed by atoms with van der Waals surface area (Å²) in [4.78, 5) is 28.2. The maximum atomic E-state index is 12.1. The van der Waals surface area contributed by atoms with E-state index in [0.717, 1.165) is 23.7 Å². The second-order valence-electron chi connectivity index (χ2n) is 8.68. The second kappa shape index (κ2) is 11.6. The van der Waals surface area contributed by atoms with Crippen LogP contribution in [0, 0.1) is 0 Å². The van der Waals surface area contributed by atoms with Crippen LogP contribution in [0.1, 0.15) is 26.4 Å². The monoisotopic (exact) mass is 512 g/mol. The van der Waals surface area contributed by atoms with Crippen LogP contribution >= 0.6 is 11.6 Å². The minimum atomic E-state index is -0.208. The quantitative estimate of drug-likeness (QED) is 0.146. The van der Waals surface area contributed by atoms with Crippen molar-refractivity contribution in [2.24, 2.45) is 0 Å². The Labute approximate surface area is 221 Å². The number of nitrogen functional groups attached to an aromatic ring is 1. The van der Waals surface area contributed by atoms with Crippen molar-refractivity contribution in [3.8, 4) is 0 Å². The largest absolute Gasteiger partial charge is 0.399 e. The number of H-pyrrole nitrogens is 1. The summed E-state index contributed by atoms with van der Waals surface area (Å²) in [5.41, 5.74) is 11.7. The van der Waals surface area contributed by atoms with Crippen molar-refractivity contribution in [1.29, 1.82) is 0 Å². The number of rotatable bonds is 3. The fourth-order valence-electron chi connectivity index (χ4n) is 4.48. The normalized spacial score (nSPS) is 11.7. The third kappa shape index (κ3) is 5.76. The van der Waals surface area contributed by atoms with E-state index in [-0.39, 0.29) is 5.91 Å². The van der Waals surface area contributed by atoms with Crippen LogP contribution < -0.4 is 16.0 Å². The van der Waals surface area contributed by atoms with Crippen LogP contribution in [-0.2, 0) is 6.42 Å². The summed E-state index contributed by atoms with van der Waals surface area (Å²) in [5.74, 6) is -0.208. The average Bonchev–Trinajstić information content (AvgIpc) is 3.53. The molecule has 0 bridgehead atoms. The van der Waals surface area contributed by atoms with Crippen LogP contribution in [0.25, 0.3) is 21.7 Å². The highest BCUT2D eigenvalue weighted by atomic mass is 35.5. The lowest BCUT2D eigenvalue weighted by Crippen LogP contribution is -2.12. The molecule has 7 heteroatoms. The zero-order valence-corrected chi connectivity index (χ0v) is 21.5. The van der Waals surface area contributed by atoms with Crippen molar-refractivity contribution in [2.75, 3.05) is 35.9 Å². The number of nitrogens with one attached hydrogen (secondary N) is 2. The maximum Gasteiger partial charge on any atom is 0.255 e. The van der Waals surface area contributed by atoms with Crippen LogP contribution in [0.15, 0.2) is 84.9 Å². The number of fused-ring (bicyclic) bond motifs is 4. The first-order chi connectivity index (χ1) is 18.0. The molecule has 6 nitrogen and oxygen atoms in total. The topological polar surface area (TPSA) is 91.2 Å². The number of alkyl halides is 1. The zero-order chi connectivity index (χ0) is 26.4. The van der Waals surface area contributed by atoms with Gasteiger partial charge in [-0.15, -0.1) is 11.6 Å². The van der Waals surface area contributed by atoms with E-state index in [4.69, 9.17) is 5.73 Å². The third-order valence-corrected chi connectivity index (χ3v) is 6.32. The molecule has 0 saturated carbocycles. The lowest BCUT2D eigenvalue weighted by molar-refractivity contribution is 0.102. The molecule has 0 aliphatic carbocycles. The highest BCUT2D eigenvalue weighted by molar-refractivity contribution is 6.15. The number of nitrogens with two attached hydrogens (primary N) is 1. The molecule has 4 N–H and O–H groups in total. The van der Waals surface area contributed by atoms with Gasteiger partial charge in [-0.05, 0) is 77.4 Å². The van der Waals surface area contributed by atoms with Gasteiger partial charge in [-0.1, -0.05) is 30.3 Å². The summed E-state index contributed by atoms with van der Waals surface area (Å²) in [6, 6.07) is 27.0. The Morgan fingerprint density at radius 3 is 2.49 bits per heavy atom. The Morgan fingerprint density at radius 2 is 1.73 bits per heavy atom. The summed E-state index contributed by atoms with van der Waals surface area (Å²) in [5, 5.41) is 6.47. The van der Waals surface area contributed by atoms with Gasteiger partial charge in [0.05, 0.1) is 5.69 Å². The van der Waals surface area contributed by atoms with Gasteiger partial charge in [0.1, 0.15) is 0 Å². The van der Waals surface area contributed by atoms with Crippen molar-refractivity contribution >= 4 is 62.5 Å². The molecule has 6 rings (SSSR count). The van der Waals surface area contributed by atoms with E-state index in [1.54, 1.807) is 36.4 Å². The van der Waals surface area contributed by atoms with Gasteiger partial charge in [-0.25, -0.2) is 0 Å². The molecule has 188 valence electrons. The van der Waals surface area contributed by atoms with E-state index in [1.165, 1.54) is 34.8 Å². The van der Waals surface area contributed by atoms with E-state index in [1.807, 2.05) is 12.1 Å². The molecule has 0 unspecified atom stereocenters. The van der Waals surface area contributed by atoms with Crippen molar-refractivity contribution in [2.45, 2.75) is 6.42 Å². The number of hydrogen-bond donors (Lipinski definition) is 3. The number of hydrogen-bond acceptors (Lipinski definition) is 4. The Kier molecular flexibility index (Phi) is 8.11. The summed E-state index contributed by atoms with van der Waals surface area (Å²) in [7, 11) is 2.17. The van der Waals surface area contributed by atoms with Crippen molar-refractivity contribution in [1.82, 2.24) is 4.98 Å². The minimum Gasteiger partial charge on any atom is -0.399 e. The summed E-state index contributed by atoms with van der Waals surface area (Å²) < 4.78 is 0. The Balaban J connectivity index is 0.000000173. The SMILES string of the molecule is CCl.CN1CCc2c1ccc1ccccc21.Nc1ccc(C(=O)Nc2ccc3[nH]c(C=O)cc3c2)cc1. The first kappa shape index (κ1) is 25.8. The summed E-state index contributed by atoms with van der Waals surface area (Å²) in [6.07, 6.45) is 3.42. The number of amides is 1. The first-order valence-corrected chi connectivity index (χ1v) is 12.6. The highest BCUT2D eigenvalue weighted by Crippen LogP contribution is 2.33. The lowest BCUT2D eigenvalue weighted by atomic mass is 10.0. The van der Waals surface area contributed by atoms with E-state index >= 15 is 0 Å². The lowest BCUT2D eigenvalue weighted by Gasteiger charge is -2.12. The molecule has 37 heavy (non-hydrogen) atoms. The number of anilines is 3. The van der Waals surface area contributed by atoms with E-state index in [2.05, 4.69) is 70.2 Å². The van der Waals surface area contributed by atoms with Crippen LogP contribution in [-0.4, -0.2) is 37.2 Å². The number of carbonyl (C=O) groups is 2. The Bertz CT molecular complexity index is 1540. The van der Waals surface area contributed by atoms with Crippen LogP contribution in [0.5, 0.6) is 0 Å². The molecule has 1 amide bonds. The van der Waals surface area contributed by atoms with Gasteiger partial charge < -0.3 is 20.9 Å². The number of carbonyl (C=O) groups excluding carboxylic acids is 2. The van der Waals surface area contributed by atoms with Gasteiger partial charge in [0.25, 0.3) is 5.91 Å². The number of nitrogens with zero attached hydrogens (tertiary/aromatic N) is 1. The van der Waals surface area contributed by atoms with Gasteiger partial charge in [-0.2, -0.15) is 0 Å². The molecular weight excluding hydrogens is 484 g/mol. The van der Waals surface area contributed by atoms with Crippen molar-refractivity contribution < 1.29 is 9.59 Å². The van der Waals surface area contributed by atoms with Gasteiger partial charge >= 0.3 is 0 Å². The summed E-state index contributed by atoms with van der Waals surface area (Å²) >= 11 is 4.64. The average molecular weight is 513 g/mol. The summed E-state index contributed by atoms with van der Waals surface area (Å²) in [6.45, 7) is 1.16. The molecule has 0 saturated heterocycles.